The molecule has 1 rings (SSSR count). The van der Waals surface area contributed by atoms with Gasteiger partial charge in [-0.05, 0) is 19.8 Å². The first-order chi connectivity index (χ1) is 8.66. The van der Waals surface area contributed by atoms with E-state index in [1.807, 2.05) is 0 Å². The lowest BCUT2D eigenvalue weighted by atomic mass is 9.70. The lowest BCUT2D eigenvalue weighted by Crippen LogP contribution is -2.50. The van der Waals surface area contributed by atoms with E-state index in [2.05, 4.69) is 4.74 Å². The summed E-state index contributed by atoms with van der Waals surface area (Å²) in [4.78, 5) is 22.5. The number of sulfonamides is 1. The third-order valence-electron chi connectivity index (χ3n) is 3.73. The highest BCUT2D eigenvalue weighted by Crippen LogP contribution is 2.43. The molecule has 110 valence electrons. The number of aliphatic carboxylic acids is 1. The van der Waals surface area contributed by atoms with Gasteiger partial charge in [0.1, 0.15) is 6.04 Å². The van der Waals surface area contributed by atoms with Crippen LogP contribution in [0.25, 0.3) is 0 Å². The first-order valence-corrected chi connectivity index (χ1v) is 7.54. The zero-order valence-electron chi connectivity index (χ0n) is 11.2. The average Bonchev–Trinajstić information content (AvgIpc) is 2.30. The Morgan fingerprint density at radius 2 is 1.95 bits per heavy atom. The fourth-order valence-corrected chi connectivity index (χ4v) is 3.96. The van der Waals surface area contributed by atoms with E-state index in [9.17, 15) is 18.0 Å². The molecule has 1 saturated carbocycles. The summed E-state index contributed by atoms with van der Waals surface area (Å²) in [7, 11) is -1.40. The standard InChI is InChI=1S/C11H19NO6S/c1-8(9(13)14)12(2)19(16,17)7-11(5-4-6-11)10(15)18-3/h8H,4-7H2,1-3H3,(H,13,14). The minimum Gasteiger partial charge on any atom is -0.480 e. The lowest BCUT2D eigenvalue weighted by molar-refractivity contribution is -0.156. The summed E-state index contributed by atoms with van der Waals surface area (Å²) in [6.45, 7) is 1.28. The number of hydrogen-bond acceptors (Lipinski definition) is 5. The first-order valence-electron chi connectivity index (χ1n) is 5.93. The van der Waals surface area contributed by atoms with Crippen molar-refractivity contribution < 1.29 is 27.9 Å². The van der Waals surface area contributed by atoms with Crippen molar-refractivity contribution in [3.05, 3.63) is 0 Å². The van der Waals surface area contributed by atoms with Gasteiger partial charge in [0.05, 0.1) is 18.3 Å². The van der Waals surface area contributed by atoms with Gasteiger partial charge in [-0.15, -0.1) is 0 Å². The van der Waals surface area contributed by atoms with E-state index in [0.717, 1.165) is 10.7 Å². The number of esters is 1. The van der Waals surface area contributed by atoms with E-state index in [4.69, 9.17) is 5.11 Å². The monoisotopic (exact) mass is 293 g/mol. The normalized spacial score (nSPS) is 19.6. The van der Waals surface area contributed by atoms with Gasteiger partial charge in [-0.1, -0.05) is 6.42 Å². The maximum atomic E-state index is 12.2. The Morgan fingerprint density at radius 1 is 1.42 bits per heavy atom. The van der Waals surface area contributed by atoms with Crippen molar-refractivity contribution in [3.63, 3.8) is 0 Å². The highest BCUT2D eigenvalue weighted by Gasteiger charge is 2.49. The van der Waals surface area contributed by atoms with Crippen LogP contribution in [0.1, 0.15) is 26.2 Å². The van der Waals surface area contributed by atoms with Crippen LogP contribution in [0.2, 0.25) is 0 Å². The van der Waals surface area contributed by atoms with E-state index in [-0.39, 0.29) is 0 Å². The van der Waals surface area contributed by atoms with Crippen molar-refractivity contribution in [1.29, 1.82) is 0 Å². The average molecular weight is 293 g/mol. The molecule has 1 atom stereocenters. The fourth-order valence-electron chi connectivity index (χ4n) is 2.07. The Labute approximate surface area is 112 Å². The lowest BCUT2D eigenvalue weighted by Gasteiger charge is -2.39. The van der Waals surface area contributed by atoms with Gasteiger partial charge in [-0.3, -0.25) is 9.59 Å². The Morgan fingerprint density at radius 3 is 2.26 bits per heavy atom. The Kier molecular flexibility index (Phi) is 4.57. The maximum Gasteiger partial charge on any atom is 0.321 e. The molecule has 0 aliphatic heterocycles. The van der Waals surface area contributed by atoms with Gasteiger partial charge in [-0.25, -0.2) is 8.42 Å². The van der Waals surface area contributed by atoms with E-state index in [0.29, 0.717) is 12.8 Å². The highest BCUT2D eigenvalue weighted by atomic mass is 32.2. The molecule has 0 amide bonds. The van der Waals surface area contributed by atoms with Crippen LogP contribution < -0.4 is 0 Å². The maximum absolute atomic E-state index is 12.2. The second-order valence-electron chi connectivity index (χ2n) is 4.91. The van der Waals surface area contributed by atoms with Crippen LogP contribution in [-0.2, 0) is 24.3 Å². The number of carboxylic acids is 1. The second kappa shape index (κ2) is 5.46. The van der Waals surface area contributed by atoms with E-state index in [1.165, 1.54) is 21.1 Å². The molecule has 0 saturated heterocycles. The summed E-state index contributed by atoms with van der Waals surface area (Å²) >= 11 is 0. The molecule has 0 radical (unpaired) electrons. The molecule has 1 fully saturated rings. The number of rotatable bonds is 6. The minimum atomic E-state index is -3.83. The Hall–Kier alpha value is -1.15. The molecule has 0 heterocycles. The van der Waals surface area contributed by atoms with Crippen LogP contribution in [0.3, 0.4) is 0 Å². The van der Waals surface area contributed by atoms with Gasteiger partial charge < -0.3 is 9.84 Å². The molecule has 0 bridgehead atoms. The molecule has 0 spiro atoms. The van der Waals surface area contributed by atoms with Crippen molar-refractivity contribution in [2.24, 2.45) is 5.41 Å². The summed E-state index contributed by atoms with van der Waals surface area (Å²) in [6.07, 6.45) is 1.67. The molecule has 0 aromatic rings. The summed E-state index contributed by atoms with van der Waals surface area (Å²) in [6, 6.07) is -1.17. The van der Waals surface area contributed by atoms with Crippen LogP contribution in [0.4, 0.5) is 0 Å². The van der Waals surface area contributed by atoms with Gasteiger partial charge in [0, 0.05) is 7.05 Å². The van der Waals surface area contributed by atoms with Crippen LogP contribution in [0.5, 0.6) is 0 Å². The van der Waals surface area contributed by atoms with Crippen LogP contribution in [-0.4, -0.2) is 55.7 Å². The van der Waals surface area contributed by atoms with Crippen molar-refractivity contribution in [2.45, 2.75) is 32.2 Å². The van der Waals surface area contributed by atoms with Crippen LogP contribution in [0, 0.1) is 5.41 Å². The smallest absolute Gasteiger partial charge is 0.321 e. The SMILES string of the molecule is COC(=O)C1(CS(=O)(=O)N(C)C(C)C(=O)O)CCC1. The number of nitrogens with zero attached hydrogens (tertiary/aromatic N) is 1. The van der Waals surface area contributed by atoms with Gasteiger partial charge in [0.2, 0.25) is 10.0 Å². The molecule has 19 heavy (non-hydrogen) atoms. The van der Waals surface area contributed by atoms with Gasteiger partial charge in [0.15, 0.2) is 0 Å². The van der Waals surface area contributed by atoms with Crippen LogP contribution in [0.15, 0.2) is 0 Å². The molecule has 1 N–H and O–H groups in total. The van der Waals surface area contributed by atoms with Crippen molar-refractivity contribution in [2.75, 3.05) is 19.9 Å². The number of hydrogen-bond donors (Lipinski definition) is 1. The van der Waals surface area contributed by atoms with E-state index in [1.54, 1.807) is 0 Å². The van der Waals surface area contributed by atoms with Crippen molar-refractivity contribution in [3.8, 4) is 0 Å². The molecular weight excluding hydrogens is 274 g/mol. The first kappa shape index (κ1) is 15.9. The zero-order valence-corrected chi connectivity index (χ0v) is 12.1. The third-order valence-corrected chi connectivity index (χ3v) is 5.84. The van der Waals surface area contributed by atoms with Gasteiger partial charge in [-0.2, -0.15) is 4.31 Å². The van der Waals surface area contributed by atoms with E-state index >= 15 is 0 Å². The van der Waals surface area contributed by atoms with Gasteiger partial charge in [0.25, 0.3) is 0 Å². The number of carbonyl (C=O) groups is 2. The fraction of sp³-hybridized carbons (Fsp3) is 0.818. The number of carboxylic acid groups (broad SMARTS) is 1. The Balaban J connectivity index is 2.90. The molecule has 0 aromatic carbocycles. The summed E-state index contributed by atoms with van der Waals surface area (Å²) in [5.41, 5.74) is -1.01. The number of likely N-dealkylation sites (N-methyl/N-ethyl adjacent to an activating group) is 1. The molecule has 0 aromatic heterocycles. The Bertz CT molecular complexity index is 468. The molecule has 1 aliphatic carbocycles. The topological polar surface area (TPSA) is 101 Å². The summed E-state index contributed by atoms with van der Waals surface area (Å²) in [5.74, 6) is -2.17. The summed E-state index contributed by atoms with van der Waals surface area (Å²) in [5, 5.41) is 8.84. The van der Waals surface area contributed by atoms with Crippen molar-refractivity contribution >= 4 is 22.0 Å². The summed E-state index contributed by atoms with van der Waals surface area (Å²) < 4.78 is 29.8. The molecular formula is C11H19NO6S. The molecule has 1 aliphatic rings. The quantitative estimate of drug-likeness (QED) is 0.695. The highest BCUT2D eigenvalue weighted by molar-refractivity contribution is 7.89. The molecule has 7 nitrogen and oxygen atoms in total. The number of methoxy groups -OCH3 is 1. The zero-order chi connectivity index (χ0) is 14.8. The van der Waals surface area contributed by atoms with Crippen LogP contribution >= 0.6 is 0 Å². The largest absolute Gasteiger partial charge is 0.480 e. The molecule has 8 heteroatoms. The van der Waals surface area contributed by atoms with E-state index < -0.39 is 39.2 Å². The van der Waals surface area contributed by atoms with Gasteiger partial charge >= 0.3 is 11.9 Å². The minimum absolute atomic E-state index is 0.402. The number of carbonyl (C=O) groups excluding carboxylic acids is 1. The third kappa shape index (κ3) is 3.06. The van der Waals surface area contributed by atoms with Crippen molar-refractivity contribution in [1.82, 2.24) is 4.31 Å². The second-order valence-corrected chi connectivity index (χ2v) is 6.94. The molecule has 1 unspecified atom stereocenters. The number of ether oxygens (including phenoxy) is 1. The predicted molar refractivity (Wildman–Crippen MR) is 66.9 cm³/mol. The predicted octanol–water partition coefficient (Wildman–Crippen LogP) is 0.0644.